The number of rotatable bonds is 2. The first kappa shape index (κ1) is 8.23. The van der Waals surface area contributed by atoms with Crippen LogP contribution < -0.4 is 5.73 Å². The molecule has 0 bridgehead atoms. The number of amidine groups is 1. The van der Waals surface area contributed by atoms with Gasteiger partial charge in [0.15, 0.2) is 0 Å². The van der Waals surface area contributed by atoms with Crippen molar-refractivity contribution < 1.29 is 0 Å². The summed E-state index contributed by atoms with van der Waals surface area (Å²) in [5.74, 6) is 0.752. The molecule has 3 nitrogen and oxygen atoms in total. The molecule has 1 aromatic heterocycles. The number of aromatic nitrogens is 1. The lowest BCUT2D eigenvalue weighted by Gasteiger charge is -2.14. The van der Waals surface area contributed by atoms with E-state index in [2.05, 4.69) is 11.9 Å². The average Bonchev–Trinajstić information content (AvgIpc) is 2.80. The summed E-state index contributed by atoms with van der Waals surface area (Å²) < 4.78 is 0. The van der Waals surface area contributed by atoms with Gasteiger partial charge in [-0.15, -0.1) is 0 Å². The molecule has 0 aromatic carbocycles. The van der Waals surface area contributed by atoms with Crippen LogP contribution in [-0.2, 0) is 5.41 Å². The summed E-state index contributed by atoms with van der Waals surface area (Å²) in [6.45, 7) is 2.12. The van der Waals surface area contributed by atoms with Crippen molar-refractivity contribution in [3.63, 3.8) is 0 Å². The standard InChI is InChI=1S/C10H13N3/c1-7-5-10(7,9(11)12)8-3-2-4-13-6-8/h2-4,6-7H,5H2,1H3,(H3,11,12). The molecular weight excluding hydrogens is 162 g/mol. The quantitative estimate of drug-likeness (QED) is 0.525. The molecule has 2 atom stereocenters. The second-order valence-electron chi connectivity index (χ2n) is 3.73. The maximum atomic E-state index is 7.58. The molecule has 0 amide bonds. The summed E-state index contributed by atoms with van der Waals surface area (Å²) in [7, 11) is 0. The fourth-order valence-electron chi connectivity index (χ4n) is 1.98. The molecule has 0 spiro atoms. The van der Waals surface area contributed by atoms with Crippen LogP contribution in [0, 0.1) is 11.3 Å². The third-order valence-electron chi connectivity index (χ3n) is 2.97. The van der Waals surface area contributed by atoms with Gasteiger partial charge in [0, 0.05) is 12.4 Å². The predicted octanol–water partition coefficient (Wildman–Crippen LogP) is 1.30. The first-order valence-corrected chi connectivity index (χ1v) is 4.43. The van der Waals surface area contributed by atoms with E-state index >= 15 is 0 Å². The van der Waals surface area contributed by atoms with Crippen molar-refractivity contribution in [3.8, 4) is 0 Å². The van der Waals surface area contributed by atoms with E-state index in [4.69, 9.17) is 11.1 Å². The highest BCUT2D eigenvalue weighted by molar-refractivity contribution is 5.92. The fourth-order valence-corrected chi connectivity index (χ4v) is 1.98. The minimum Gasteiger partial charge on any atom is -0.387 e. The van der Waals surface area contributed by atoms with Gasteiger partial charge in [0.1, 0.15) is 5.84 Å². The van der Waals surface area contributed by atoms with E-state index in [1.54, 1.807) is 6.20 Å². The van der Waals surface area contributed by atoms with Gasteiger partial charge in [-0.05, 0) is 24.0 Å². The van der Waals surface area contributed by atoms with Crippen molar-refractivity contribution in [2.24, 2.45) is 11.7 Å². The molecule has 0 radical (unpaired) electrons. The number of nitrogens with two attached hydrogens (primary N) is 1. The molecule has 0 saturated heterocycles. The van der Waals surface area contributed by atoms with E-state index in [1.165, 1.54) is 0 Å². The van der Waals surface area contributed by atoms with Gasteiger partial charge in [0.05, 0.1) is 5.41 Å². The van der Waals surface area contributed by atoms with Crippen LogP contribution in [0.3, 0.4) is 0 Å². The Labute approximate surface area is 77.5 Å². The van der Waals surface area contributed by atoms with Gasteiger partial charge in [-0.2, -0.15) is 0 Å². The molecule has 68 valence electrons. The highest BCUT2D eigenvalue weighted by Crippen LogP contribution is 2.53. The van der Waals surface area contributed by atoms with Crippen LogP contribution >= 0.6 is 0 Å². The smallest absolute Gasteiger partial charge is 0.102 e. The van der Waals surface area contributed by atoms with Crippen molar-refractivity contribution in [2.45, 2.75) is 18.8 Å². The summed E-state index contributed by atoms with van der Waals surface area (Å²) in [4.78, 5) is 4.06. The van der Waals surface area contributed by atoms with E-state index in [-0.39, 0.29) is 11.3 Å². The Morgan fingerprint density at radius 2 is 2.46 bits per heavy atom. The molecule has 1 aliphatic carbocycles. The lowest BCUT2D eigenvalue weighted by molar-refractivity contribution is 0.800. The first-order chi connectivity index (χ1) is 6.18. The van der Waals surface area contributed by atoms with E-state index < -0.39 is 0 Å². The van der Waals surface area contributed by atoms with E-state index in [9.17, 15) is 0 Å². The molecule has 3 N–H and O–H groups in total. The minimum atomic E-state index is -0.200. The monoisotopic (exact) mass is 175 g/mol. The molecule has 3 heteroatoms. The minimum absolute atomic E-state index is 0.200. The Bertz CT molecular complexity index is 333. The largest absolute Gasteiger partial charge is 0.387 e. The van der Waals surface area contributed by atoms with Crippen molar-refractivity contribution in [1.82, 2.24) is 4.98 Å². The summed E-state index contributed by atoms with van der Waals surface area (Å²) >= 11 is 0. The highest BCUT2D eigenvalue weighted by atomic mass is 14.8. The Hall–Kier alpha value is -1.38. The van der Waals surface area contributed by atoms with Gasteiger partial charge >= 0.3 is 0 Å². The third kappa shape index (κ3) is 1.03. The summed E-state index contributed by atoms with van der Waals surface area (Å²) in [6.07, 6.45) is 4.53. The summed E-state index contributed by atoms with van der Waals surface area (Å²) in [5.41, 5.74) is 6.49. The molecular formula is C10H13N3. The molecule has 1 aromatic rings. The van der Waals surface area contributed by atoms with Crippen molar-refractivity contribution >= 4 is 5.84 Å². The van der Waals surface area contributed by atoms with Gasteiger partial charge in [-0.25, -0.2) is 0 Å². The van der Waals surface area contributed by atoms with Crippen molar-refractivity contribution in [1.29, 1.82) is 5.41 Å². The van der Waals surface area contributed by atoms with E-state index in [0.717, 1.165) is 12.0 Å². The fraction of sp³-hybridized carbons (Fsp3) is 0.400. The van der Waals surface area contributed by atoms with Gasteiger partial charge in [-0.1, -0.05) is 13.0 Å². The molecule has 0 aliphatic heterocycles. The number of hydrogen-bond acceptors (Lipinski definition) is 2. The SMILES string of the molecule is CC1CC1(C(=N)N)c1cccnc1. The zero-order valence-electron chi connectivity index (χ0n) is 7.62. The van der Waals surface area contributed by atoms with Crippen LogP contribution in [0.15, 0.2) is 24.5 Å². The van der Waals surface area contributed by atoms with Crippen molar-refractivity contribution in [2.75, 3.05) is 0 Å². The topological polar surface area (TPSA) is 62.8 Å². The van der Waals surface area contributed by atoms with Crippen LogP contribution in [0.25, 0.3) is 0 Å². The molecule has 2 rings (SSSR count). The summed E-state index contributed by atoms with van der Waals surface area (Å²) in [5, 5.41) is 7.58. The summed E-state index contributed by atoms with van der Waals surface area (Å²) in [6, 6.07) is 3.89. The van der Waals surface area contributed by atoms with Crippen LogP contribution in [0.2, 0.25) is 0 Å². The molecule has 1 saturated carbocycles. The number of nitrogens with one attached hydrogen (secondary N) is 1. The van der Waals surface area contributed by atoms with Gasteiger partial charge < -0.3 is 5.73 Å². The number of pyridine rings is 1. The molecule has 1 fully saturated rings. The maximum Gasteiger partial charge on any atom is 0.102 e. The van der Waals surface area contributed by atoms with Gasteiger partial charge in [-0.3, -0.25) is 10.4 Å². The first-order valence-electron chi connectivity index (χ1n) is 4.43. The second-order valence-corrected chi connectivity index (χ2v) is 3.73. The van der Waals surface area contributed by atoms with Crippen LogP contribution in [0.4, 0.5) is 0 Å². The van der Waals surface area contributed by atoms with E-state index in [1.807, 2.05) is 18.3 Å². The lowest BCUT2D eigenvalue weighted by atomic mass is 9.94. The Morgan fingerprint density at radius 3 is 2.85 bits per heavy atom. The third-order valence-corrected chi connectivity index (χ3v) is 2.97. The average molecular weight is 175 g/mol. The Morgan fingerprint density at radius 1 is 1.77 bits per heavy atom. The second kappa shape index (κ2) is 2.55. The normalized spacial score (nSPS) is 31.3. The lowest BCUT2D eigenvalue weighted by Crippen LogP contribution is -2.29. The molecule has 1 aliphatic rings. The van der Waals surface area contributed by atoms with E-state index in [0.29, 0.717) is 5.92 Å². The Balaban J connectivity index is 2.40. The maximum absolute atomic E-state index is 7.58. The molecule has 1 heterocycles. The zero-order chi connectivity index (χ0) is 9.47. The van der Waals surface area contributed by atoms with Crippen LogP contribution in [-0.4, -0.2) is 10.8 Å². The van der Waals surface area contributed by atoms with Crippen molar-refractivity contribution in [3.05, 3.63) is 30.1 Å². The number of hydrogen-bond donors (Lipinski definition) is 2. The van der Waals surface area contributed by atoms with Gasteiger partial charge in [0.2, 0.25) is 0 Å². The van der Waals surface area contributed by atoms with Crippen LogP contribution in [0.5, 0.6) is 0 Å². The molecule has 13 heavy (non-hydrogen) atoms. The van der Waals surface area contributed by atoms with Crippen LogP contribution in [0.1, 0.15) is 18.9 Å². The Kier molecular flexibility index (Phi) is 1.62. The van der Waals surface area contributed by atoms with Gasteiger partial charge in [0.25, 0.3) is 0 Å². The highest BCUT2D eigenvalue weighted by Gasteiger charge is 2.55. The number of nitrogens with zero attached hydrogens (tertiary/aromatic N) is 1. The predicted molar refractivity (Wildman–Crippen MR) is 51.6 cm³/mol. The zero-order valence-corrected chi connectivity index (χ0v) is 7.62. The molecule has 2 unspecified atom stereocenters.